The van der Waals surface area contributed by atoms with E-state index in [1.54, 1.807) is 11.4 Å². The molecule has 0 N–H and O–H groups in total. The molecule has 2 aromatic rings. The van der Waals surface area contributed by atoms with E-state index in [9.17, 15) is 8.42 Å². The van der Waals surface area contributed by atoms with Gasteiger partial charge < -0.3 is 0 Å². The van der Waals surface area contributed by atoms with Gasteiger partial charge in [-0.15, -0.1) is 24.0 Å². The molecule has 92 valence electrons. The van der Waals surface area contributed by atoms with Gasteiger partial charge in [0.25, 0.3) is 10.1 Å². The van der Waals surface area contributed by atoms with Gasteiger partial charge >= 0.3 is 0 Å². The van der Waals surface area contributed by atoms with Crippen LogP contribution in [0, 0.1) is 0 Å². The predicted octanol–water partition coefficient (Wildman–Crippen LogP) is 3.04. The molecular weight excluding hydrogens is 342 g/mol. The Bertz CT molecular complexity index is 634. The number of thiophene rings is 1. The largest absolute Gasteiger partial charge is 0.297 e. The van der Waals surface area contributed by atoms with Crippen molar-refractivity contribution in [3.63, 3.8) is 0 Å². The summed E-state index contributed by atoms with van der Waals surface area (Å²) in [6, 6.07) is 9.13. The number of rotatable bonds is 3. The van der Waals surface area contributed by atoms with Crippen LogP contribution in [0.25, 0.3) is 10.4 Å². The summed E-state index contributed by atoms with van der Waals surface area (Å²) in [7, 11) is -2.46. The number of thiol groups is 1. The average Bonchev–Trinajstić information content (AvgIpc) is 2.79. The maximum Gasteiger partial charge on any atom is 0.297 e. The summed E-state index contributed by atoms with van der Waals surface area (Å²) in [6.07, 6.45) is 0. The van der Waals surface area contributed by atoms with Gasteiger partial charge in [0.15, 0.2) is 0 Å². The molecule has 0 aliphatic carbocycles. The van der Waals surface area contributed by atoms with Gasteiger partial charge in [-0.05, 0) is 12.1 Å². The molecule has 7 heteroatoms. The second kappa shape index (κ2) is 6.30. The molecule has 0 amide bonds. The Morgan fingerprint density at radius 3 is 2.56 bits per heavy atom. The molecule has 18 heavy (non-hydrogen) atoms. The molecule has 0 bridgehead atoms. The number of hydrogen-bond donors (Lipinski definition) is 1. The van der Waals surface area contributed by atoms with Gasteiger partial charge in [-0.25, -0.2) is 0 Å². The Balaban J connectivity index is 0.00000162. The smallest absolute Gasteiger partial charge is 0.270 e. The Hall–Kier alpha value is -0.197. The van der Waals surface area contributed by atoms with Crippen molar-refractivity contribution in [1.29, 1.82) is 0 Å². The number of benzene rings is 1. The Labute approximate surface area is 128 Å². The van der Waals surface area contributed by atoms with E-state index in [0.717, 1.165) is 22.4 Å². The van der Waals surface area contributed by atoms with Crippen molar-refractivity contribution in [1.82, 2.24) is 0 Å². The van der Waals surface area contributed by atoms with Crippen molar-refractivity contribution in [2.24, 2.45) is 0 Å². The summed E-state index contributed by atoms with van der Waals surface area (Å²) >= 11 is 5.69. The van der Waals surface area contributed by atoms with E-state index in [1.807, 2.05) is 24.3 Å². The molecule has 0 aliphatic heterocycles. The summed E-state index contributed by atoms with van der Waals surface area (Å²) in [5.74, 6) is 0. The van der Waals surface area contributed by atoms with Crippen molar-refractivity contribution in [3.8, 4) is 10.4 Å². The molecule has 0 aliphatic rings. The van der Waals surface area contributed by atoms with E-state index in [4.69, 9.17) is 0 Å². The third-order valence-electron chi connectivity index (χ3n) is 2.25. The van der Waals surface area contributed by atoms with Crippen LogP contribution in [-0.4, -0.2) is 15.5 Å². The summed E-state index contributed by atoms with van der Waals surface area (Å²) in [4.78, 5) is 1.85. The normalized spacial score (nSPS) is 11.0. The van der Waals surface area contributed by atoms with Gasteiger partial charge in [0.2, 0.25) is 0 Å². The van der Waals surface area contributed by atoms with Crippen LogP contribution in [0.1, 0.15) is 0 Å². The summed E-state index contributed by atoms with van der Waals surface area (Å²) in [5.41, 5.74) is 0.915. The van der Waals surface area contributed by atoms with Gasteiger partial charge in [-0.2, -0.15) is 8.42 Å². The fourth-order valence-electron chi connectivity index (χ4n) is 1.37. The fourth-order valence-corrected chi connectivity index (χ4v) is 3.68. The first-order chi connectivity index (χ1) is 8.04. The molecule has 3 nitrogen and oxygen atoms in total. The molecular formula is C11H10O3S3Zn. The average molecular weight is 352 g/mol. The Morgan fingerprint density at radius 1 is 1.28 bits per heavy atom. The van der Waals surface area contributed by atoms with Crippen molar-refractivity contribution >= 4 is 34.1 Å². The van der Waals surface area contributed by atoms with Crippen molar-refractivity contribution < 1.29 is 32.1 Å². The molecule has 0 saturated heterocycles. The molecule has 2 rings (SSSR count). The van der Waals surface area contributed by atoms with Crippen LogP contribution in [0.5, 0.6) is 0 Å². The zero-order valence-electron chi connectivity index (χ0n) is 9.66. The van der Waals surface area contributed by atoms with E-state index in [0.29, 0.717) is 0 Å². The van der Waals surface area contributed by atoms with Gasteiger partial charge in [-0.1, -0.05) is 18.2 Å². The van der Waals surface area contributed by atoms with Crippen molar-refractivity contribution in [3.05, 3.63) is 35.7 Å². The SMILES string of the molecule is COS(=O)(=O)c1csc(-c2ccccc2S)c1.[Zn]. The van der Waals surface area contributed by atoms with Crippen molar-refractivity contribution in [2.75, 3.05) is 7.11 Å². The second-order valence-electron chi connectivity index (χ2n) is 3.28. The quantitative estimate of drug-likeness (QED) is 0.525. The minimum absolute atomic E-state index is 0. The zero-order valence-corrected chi connectivity index (χ0v) is 15.2. The number of hydrogen-bond acceptors (Lipinski definition) is 5. The van der Waals surface area contributed by atoms with Crippen LogP contribution < -0.4 is 0 Å². The first-order valence-electron chi connectivity index (χ1n) is 4.72. The maximum absolute atomic E-state index is 11.5. The molecule has 0 unspecified atom stereocenters. The maximum atomic E-state index is 11.5. The minimum atomic E-state index is -3.61. The summed E-state index contributed by atoms with van der Waals surface area (Å²) < 4.78 is 27.5. The molecule has 0 radical (unpaired) electrons. The standard InChI is InChI=1S/C11H10O3S3.Zn/c1-14-17(12,13)8-6-11(16-7-8)9-4-2-3-5-10(9)15;/h2-7,15H,1H3;. The van der Waals surface area contributed by atoms with Crippen LogP contribution in [0.15, 0.2) is 45.5 Å². The van der Waals surface area contributed by atoms with E-state index in [2.05, 4.69) is 16.8 Å². The molecule has 0 saturated carbocycles. The van der Waals surface area contributed by atoms with Crippen LogP contribution >= 0.6 is 24.0 Å². The molecule has 1 aromatic carbocycles. The van der Waals surface area contributed by atoms with Gasteiger partial charge in [0.05, 0.1) is 7.11 Å². The molecule has 1 aromatic heterocycles. The Kier molecular flexibility index (Phi) is 5.55. The Morgan fingerprint density at radius 2 is 1.94 bits per heavy atom. The van der Waals surface area contributed by atoms with Gasteiger partial charge in [-0.3, -0.25) is 4.18 Å². The third kappa shape index (κ3) is 3.22. The van der Waals surface area contributed by atoms with Gasteiger partial charge in [0, 0.05) is 40.2 Å². The van der Waals surface area contributed by atoms with E-state index in [1.165, 1.54) is 11.3 Å². The predicted molar refractivity (Wildman–Crippen MR) is 71.2 cm³/mol. The molecule has 0 fully saturated rings. The molecule has 1 heterocycles. The van der Waals surface area contributed by atoms with Crippen LogP contribution in [0.3, 0.4) is 0 Å². The fraction of sp³-hybridized carbons (Fsp3) is 0.0909. The molecule has 0 atom stereocenters. The second-order valence-corrected chi connectivity index (χ2v) is 6.39. The van der Waals surface area contributed by atoms with Crippen molar-refractivity contribution in [2.45, 2.75) is 9.79 Å². The first kappa shape index (κ1) is 15.9. The van der Waals surface area contributed by atoms with Crippen LogP contribution in [-0.2, 0) is 33.8 Å². The third-order valence-corrected chi connectivity index (χ3v) is 5.01. The monoisotopic (exact) mass is 350 g/mol. The summed E-state index contributed by atoms with van der Waals surface area (Å²) in [5, 5.41) is 1.56. The van der Waals surface area contributed by atoms with E-state index in [-0.39, 0.29) is 24.4 Å². The van der Waals surface area contributed by atoms with E-state index >= 15 is 0 Å². The van der Waals surface area contributed by atoms with Crippen LogP contribution in [0.4, 0.5) is 0 Å². The van der Waals surface area contributed by atoms with Crippen LogP contribution in [0.2, 0.25) is 0 Å². The summed E-state index contributed by atoms with van der Waals surface area (Å²) in [6.45, 7) is 0. The van der Waals surface area contributed by atoms with Gasteiger partial charge in [0.1, 0.15) is 4.90 Å². The topological polar surface area (TPSA) is 43.4 Å². The first-order valence-corrected chi connectivity index (χ1v) is 7.45. The zero-order chi connectivity index (χ0) is 12.5. The van der Waals surface area contributed by atoms with E-state index < -0.39 is 10.1 Å². The minimum Gasteiger partial charge on any atom is -0.270 e. The molecule has 0 spiro atoms.